The highest BCUT2D eigenvalue weighted by molar-refractivity contribution is 5.93. The summed E-state index contributed by atoms with van der Waals surface area (Å²) < 4.78 is 2.03. The van der Waals surface area contributed by atoms with Gasteiger partial charge in [-0.05, 0) is 44.5 Å². The number of fused-ring (bicyclic) bond motifs is 1. The average molecular weight is 247 g/mol. The van der Waals surface area contributed by atoms with E-state index in [1.54, 1.807) is 26.0 Å². The molecule has 2 aromatic rings. The van der Waals surface area contributed by atoms with Crippen LogP contribution in [0.15, 0.2) is 30.5 Å². The number of hydrogen-bond donors (Lipinski definition) is 2. The molecule has 0 saturated carbocycles. The summed E-state index contributed by atoms with van der Waals surface area (Å²) in [6.45, 7) is 4.27. The molecule has 1 aromatic carbocycles. The number of carboxylic acids is 1. The van der Waals surface area contributed by atoms with Crippen molar-refractivity contribution in [3.63, 3.8) is 0 Å². The molecule has 2 N–H and O–H groups in total. The molecule has 0 fully saturated rings. The third-order valence-electron chi connectivity index (χ3n) is 2.98. The molecule has 4 heteroatoms. The zero-order valence-corrected chi connectivity index (χ0v) is 10.6. The minimum atomic E-state index is -0.916. The van der Waals surface area contributed by atoms with Crippen molar-refractivity contribution in [3.8, 4) is 0 Å². The van der Waals surface area contributed by atoms with Crippen LogP contribution in [0.2, 0.25) is 0 Å². The summed E-state index contributed by atoms with van der Waals surface area (Å²) >= 11 is 0. The molecule has 0 unspecified atom stereocenters. The smallest absolute Gasteiger partial charge is 0.335 e. The summed E-state index contributed by atoms with van der Waals surface area (Å²) in [6.07, 6.45) is 2.57. The van der Waals surface area contributed by atoms with Gasteiger partial charge in [-0.2, -0.15) is 0 Å². The number of aromatic carboxylic acids is 1. The Balaban J connectivity index is 2.29. The van der Waals surface area contributed by atoms with Crippen molar-refractivity contribution in [2.24, 2.45) is 0 Å². The molecule has 0 spiro atoms. The maximum Gasteiger partial charge on any atom is 0.335 e. The topological polar surface area (TPSA) is 62.5 Å². The van der Waals surface area contributed by atoms with Gasteiger partial charge in [-0.25, -0.2) is 4.79 Å². The van der Waals surface area contributed by atoms with Gasteiger partial charge in [0.2, 0.25) is 0 Å². The molecule has 0 aliphatic rings. The molecule has 0 atom stereocenters. The number of carbonyl (C=O) groups is 1. The van der Waals surface area contributed by atoms with E-state index >= 15 is 0 Å². The molecule has 18 heavy (non-hydrogen) atoms. The van der Waals surface area contributed by atoms with E-state index in [4.69, 9.17) is 5.11 Å². The molecule has 1 aromatic heterocycles. The van der Waals surface area contributed by atoms with Crippen molar-refractivity contribution in [2.45, 2.75) is 32.4 Å². The van der Waals surface area contributed by atoms with Crippen LogP contribution in [0, 0.1) is 0 Å². The second-order valence-corrected chi connectivity index (χ2v) is 5.15. The zero-order chi connectivity index (χ0) is 13.3. The molecule has 0 bridgehead atoms. The Bertz CT molecular complexity index is 578. The molecular formula is C14H17NO3. The fraction of sp³-hybridized carbons (Fsp3) is 0.357. The molecule has 1 heterocycles. The van der Waals surface area contributed by atoms with Crippen molar-refractivity contribution >= 4 is 16.9 Å². The molecule has 0 amide bonds. The van der Waals surface area contributed by atoms with Crippen LogP contribution >= 0.6 is 0 Å². The van der Waals surface area contributed by atoms with Crippen LogP contribution in [-0.4, -0.2) is 26.4 Å². The monoisotopic (exact) mass is 247 g/mol. The van der Waals surface area contributed by atoms with E-state index in [1.165, 1.54) is 0 Å². The lowest BCUT2D eigenvalue weighted by Gasteiger charge is -2.17. The van der Waals surface area contributed by atoms with Gasteiger partial charge in [0.15, 0.2) is 0 Å². The lowest BCUT2D eigenvalue weighted by atomic mass is 10.1. The fourth-order valence-corrected chi connectivity index (χ4v) is 1.92. The summed E-state index contributed by atoms with van der Waals surface area (Å²) in [5.74, 6) is -0.916. The van der Waals surface area contributed by atoms with Crippen LogP contribution in [0.3, 0.4) is 0 Å². The van der Waals surface area contributed by atoms with E-state index in [0.717, 1.165) is 10.9 Å². The van der Waals surface area contributed by atoms with E-state index in [2.05, 4.69) is 0 Å². The van der Waals surface area contributed by atoms with Gasteiger partial charge in [0.05, 0.1) is 11.2 Å². The van der Waals surface area contributed by atoms with Gasteiger partial charge >= 0.3 is 5.97 Å². The fourth-order valence-electron chi connectivity index (χ4n) is 1.92. The lowest BCUT2D eigenvalue weighted by molar-refractivity contribution is 0.0664. The number of nitrogens with zero attached hydrogens (tertiary/aromatic N) is 1. The van der Waals surface area contributed by atoms with E-state index in [-0.39, 0.29) is 0 Å². The number of hydrogen-bond acceptors (Lipinski definition) is 2. The largest absolute Gasteiger partial charge is 0.478 e. The maximum absolute atomic E-state index is 10.9. The van der Waals surface area contributed by atoms with Crippen molar-refractivity contribution in [1.82, 2.24) is 4.57 Å². The first-order valence-corrected chi connectivity index (χ1v) is 5.91. The van der Waals surface area contributed by atoms with Crippen molar-refractivity contribution < 1.29 is 15.0 Å². The number of carboxylic acid groups (broad SMARTS) is 1. The Hall–Kier alpha value is -1.81. The molecule has 4 nitrogen and oxygen atoms in total. The normalized spacial score (nSPS) is 11.9. The van der Waals surface area contributed by atoms with Crippen molar-refractivity contribution in [2.75, 3.05) is 0 Å². The van der Waals surface area contributed by atoms with Gasteiger partial charge in [0.25, 0.3) is 0 Å². The van der Waals surface area contributed by atoms with Gasteiger partial charge in [-0.3, -0.25) is 0 Å². The first-order valence-electron chi connectivity index (χ1n) is 5.91. The SMILES string of the molecule is CC(C)(O)CCn1ccc2cc(C(=O)O)ccc21. The molecular weight excluding hydrogens is 230 g/mol. The second kappa shape index (κ2) is 4.46. The Morgan fingerprint density at radius 2 is 2.06 bits per heavy atom. The highest BCUT2D eigenvalue weighted by Crippen LogP contribution is 2.19. The molecule has 0 aliphatic heterocycles. The number of rotatable bonds is 4. The highest BCUT2D eigenvalue weighted by atomic mass is 16.4. The van der Waals surface area contributed by atoms with Gasteiger partial charge < -0.3 is 14.8 Å². The van der Waals surface area contributed by atoms with Crippen LogP contribution in [0.4, 0.5) is 0 Å². The lowest BCUT2D eigenvalue weighted by Crippen LogP contribution is -2.20. The van der Waals surface area contributed by atoms with Crippen LogP contribution in [-0.2, 0) is 6.54 Å². The van der Waals surface area contributed by atoms with E-state index in [9.17, 15) is 9.90 Å². The maximum atomic E-state index is 10.9. The summed E-state index contributed by atoms with van der Waals surface area (Å²) in [4.78, 5) is 10.9. The van der Waals surface area contributed by atoms with Crippen molar-refractivity contribution in [1.29, 1.82) is 0 Å². The number of aryl methyl sites for hydroxylation is 1. The summed E-state index contributed by atoms with van der Waals surface area (Å²) in [5.41, 5.74) is 0.587. The van der Waals surface area contributed by atoms with E-state index in [0.29, 0.717) is 18.5 Å². The number of aliphatic hydroxyl groups is 1. The first kappa shape index (κ1) is 12.6. The van der Waals surface area contributed by atoms with E-state index < -0.39 is 11.6 Å². The summed E-state index contributed by atoms with van der Waals surface area (Å²) in [6, 6.07) is 6.97. The molecule has 0 aliphatic carbocycles. The third-order valence-corrected chi connectivity index (χ3v) is 2.98. The van der Waals surface area contributed by atoms with Crippen LogP contribution in [0.5, 0.6) is 0 Å². The Morgan fingerprint density at radius 3 is 2.67 bits per heavy atom. The zero-order valence-electron chi connectivity index (χ0n) is 10.6. The van der Waals surface area contributed by atoms with E-state index in [1.807, 2.05) is 22.9 Å². The highest BCUT2D eigenvalue weighted by Gasteiger charge is 2.13. The quantitative estimate of drug-likeness (QED) is 0.872. The average Bonchev–Trinajstić information content (AvgIpc) is 2.67. The third kappa shape index (κ3) is 2.71. The number of aromatic nitrogens is 1. The van der Waals surface area contributed by atoms with Gasteiger partial charge in [0, 0.05) is 23.6 Å². The molecule has 96 valence electrons. The predicted molar refractivity (Wildman–Crippen MR) is 69.8 cm³/mol. The Labute approximate surface area is 105 Å². The molecule has 2 rings (SSSR count). The molecule has 0 saturated heterocycles. The Kier molecular flexibility index (Phi) is 3.13. The van der Waals surface area contributed by atoms with Crippen LogP contribution in [0.1, 0.15) is 30.6 Å². The summed E-state index contributed by atoms with van der Waals surface area (Å²) in [7, 11) is 0. The minimum Gasteiger partial charge on any atom is -0.478 e. The van der Waals surface area contributed by atoms with Gasteiger partial charge in [0.1, 0.15) is 0 Å². The summed E-state index contributed by atoms with van der Waals surface area (Å²) in [5, 5.41) is 19.5. The standard InChI is InChI=1S/C14H17NO3/c1-14(2,18)6-8-15-7-5-10-9-11(13(16)17)3-4-12(10)15/h3-5,7,9,18H,6,8H2,1-2H3,(H,16,17). The van der Waals surface area contributed by atoms with Crippen molar-refractivity contribution in [3.05, 3.63) is 36.0 Å². The van der Waals surface area contributed by atoms with Crippen LogP contribution < -0.4 is 0 Å². The Morgan fingerprint density at radius 1 is 1.33 bits per heavy atom. The van der Waals surface area contributed by atoms with Gasteiger partial charge in [-0.1, -0.05) is 0 Å². The van der Waals surface area contributed by atoms with Gasteiger partial charge in [-0.15, -0.1) is 0 Å². The van der Waals surface area contributed by atoms with Crippen LogP contribution in [0.25, 0.3) is 10.9 Å². The minimum absolute atomic E-state index is 0.294. The number of benzene rings is 1. The second-order valence-electron chi connectivity index (χ2n) is 5.15. The first-order chi connectivity index (χ1) is 8.37. The predicted octanol–water partition coefficient (Wildman–Crippen LogP) is 2.50. The molecule has 0 radical (unpaired) electrons.